The van der Waals surface area contributed by atoms with Crippen LogP contribution in [0.1, 0.15) is 12.0 Å². The summed E-state index contributed by atoms with van der Waals surface area (Å²) in [5.74, 6) is -0.374. The van der Waals surface area contributed by atoms with Crippen molar-refractivity contribution >= 4 is 21.7 Å². The Morgan fingerprint density at radius 1 is 1.16 bits per heavy atom. The van der Waals surface area contributed by atoms with Crippen molar-refractivity contribution < 1.29 is 40.0 Å². The van der Waals surface area contributed by atoms with Gasteiger partial charge in [-0.1, -0.05) is 17.3 Å². The van der Waals surface area contributed by atoms with Gasteiger partial charge in [0.15, 0.2) is 5.82 Å². The van der Waals surface area contributed by atoms with Crippen molar-refractivity contribution in [1.82, 2.24) is 9.46 Å². The first-order valence-corrected chi connectivity index (χ1v) is 13.1. The highest BCUT2D eigenvalue weighted by Gasteiger charge is 2.41. The molecule has 2 saturated heterocycles. The van der Waals surface area contributed by atoms with E-state index in [2.05, 4.69) is 14.4 Å². The van der Waals surface area contributed by atoms with Crippen molar-refractivity contribution in [2.45, 2.75) is 24.7 Å². The summed E-state index contributed by atoms with van der Waals surface area (Å²) in [5.41, 5.74) is -0.425. The number of aromatic nitrogens is 1. The van der Waals surface area contributed by atoms with Crippen LogP contribution in [0.25, 0.3) is 11.1 Å². The maximum Gasteiger partial charge on any atom is 0.416 e. The van der Waals surface area contributed by atoms with Gasteiger partial charge < -0.3 is 18.9 Å². The van der Waals surface area contributed by atoms with Gasteiger partial charge in [0.05, 0.1) is 37.1 Å². The normalized spacial score (nSPS) is 20.7. The van der Waals surface area contributed by atoms with Crippen LogP contribution in [0, 0.1) is 5.82 Å². The average molecular weight is 557 g/mol. The minimum absolute atomic E-state index is 0.0265. The first kappa shape index (κ1) is 26.3. The van der Waals surface area contributed by atoms with Crippen LogP contribution in [-0.4, -0.2) is 63.4 Å². The van der Waals surface area contributed by atoms with Crippen LogP contribution < -0.4 is 14.4 Å². The first-order chi connectivity index (χ1) is 18.1. The Balaban J connectivity index is 1.40. The van der Waals surface area contributed by atoms with Crippen molar-refractivity contribution in [3.63, 3.8) is 0 Å². The van der Waals surface area contributed by atoms with E-state index in [4.69, 9.17) is 9.47 Å². The number of rotatable bonds is 6. The van der Waals surface area contributed by atoms with Gasteiger partial charge in [-0.05, 0) is 30.2 Å². The molecular formula is C24H24F4N4O5S. The number of hydrogen-bond acceptors (Lipinski definition) is 7. The van der Waals surface area contributed by atoms with E-state index >= 15 is 4.39 Å². The SMILES string of the molecule is COc1cc(-c2cccc(C(F)(F)F)c2)c(F)cc1N1CCOC2CN(S(=O)(=O)Nc3ccon3)CC[C@@H]21. The monoisotopic (exact) mass is 556 g/mol. The summed E-state index contributed by atoms with van der Waals surface area (Å²) < 4.78 is 100. The highest BCUT2D eigenvalue weighted by atomic mass is 32.2. The number of methoxy groups -OCH3 is 1. The van der Waals surface area contributed by atoms with Gasteiger partial charge in [0.1, 0.15) is 17.8 Å². The second-order valence-corrected chi connectivity index (χ2v) is 10.6. The molecule has 0 bridgehead atoms. The van der Waals surface area contributed by atoms with Gasteiger partial charge in [0, 0.05) is 37.3 Å². The fraction of sp³-hybridized carbons (Fsp3) is 0.375. The fourth-order valence-corrected chi connectivity index (χ4v) is 6.05. The Kier molecular flexibility index (Phi) is 6.96. The molecule has 204 valence electrons. The second kappa shape index (κ2) is 10.1. The molecule has 0 spiro atoms. The predicted molar refractivity (Wildman–Crippen MR) is 129 cm³/mol. The number of ether oxygens (including phenoxy) is 2. The topological polar surface area (TPSA) is 97.1 Å². The Morgan fingerprint density at radius 2 is 1.97 bits per heavy atom. The van der Waals surface area contributed by atoms with Gasteiger partial charge in [-0.15, -0.1) is 0 Å². The number of anilines is 2. The molecule has 0 radical (unpaired) electrons. The number of piperidine rings is 1. The first-order valence-electron chi connectivity index (χ1n) is 11.7. The molecule has 0 saturated carbocycles. The molecule has 9 nitrogen and oxygen atoms in total. The lowest BCUT2D eigenvalue weighted by atomic mass is 9.97. The van der Waals surface area contributed by atoms with Crippen LogP contribution in [0.3, 0.4) is 0 Å². The zero-order valence-corrected chi connectivity index (χ0v) is 20.9. The zero-order chi connectivity index (χ0) is 27.1. The Labute approximate surface area is 216 Å². The van der Waals surface area contributed by atoms with E-state index in [1.165, 1.54) is 48.0 Å². The number of alkyl halides is 3. The number of halogens is 4. The minimum atomic E-state index is -4.56. The third kappa shape index (κ3) is 5.15. The Bertz CT molecular complexity index is 1400. The molecule has 2 atom stereocenters. The maximum absolute atomic E-state index is 15.4. The molecule has 2 aromatic carbocycles. The fourth-order valence-electron chi connectivity index (χ4n) is 4.86. The van der Waals surface area contributed by atoms with Gasteiger partial charge >= 0.3 is 16.4 Å². The minimum Gasteiger partial charge on any atom is -0.495 e. The van der Waals surface area contributed by atoms with Crippen molar-refractivity contribution in [3.8, 4) is 16.9 Å². The van der Waals surface area contributed by atoms with Gasteiger partial charge in [0.2, 0.25) is 0 Å². The Morgan fingerprint density at radius 3 is 2.68 bits per heavy atom. The summed E-state index contributed by atoms with van der Waals surface area (Å²) in [7, 11) is -2.51. The lowest BCUT2D eigenvalue weighted by molar-refractivity contribution is -0.137. The summed E-state index contributed by atoms with van der Waals surface area (Å²) in [6, 6.07) is 8.17. The summed E-state index contributed by atoms with van der Waals surface area (Å²) in [5, 5.41) is 3.57. The number of benzene rings is 2. The molecule has 38 heavy (non-hydrogen) atoms. The molecule has 1 unspecified atom stereocenters. The van der Waals surface area contributed by atoms with Crippen molar-refractivity contribution in [2.24, 2.45) is 0 Å². The van der Waals surface area contributed by atoms with Crippen molar-refractivity contribution in [3.05, 3.63) is 60.1 Å². The van der Waals surface area contributed by atoms with E-state index in [0.29, 0.717) is 18.7 Å². The molecule has 3 aromatic rings. The van der Waals surface area contributed by atoms with Crippen LogP contribution in [0.4, 0.5) is 29.1 Å². The highest BCUT2D eigenvalue weighted by Crippen LogP contribution is 2.40. The van der Waals surface area contributed by atoms with Crippen molar-refractivity contribution in [2.75, 3.05) is 43.0 Å². The predicted octanol–water partition coefficient (Wildman–Crippen LogP) is 4.14. The molecule has 1 N–H and O–H groups in total. The Hall–Kier alpha value is -3.36. The summed E-state index contributed by atoms with van der Waals surface area (Å²) in [6.07, 6.45) is -3.45. The molecule has 2 fully saturated rings. The van der Waals surface area contributed by atoms with Gasteiger partial charge in [-0.2, -0.15) is 25.9 Å². The number of hydrogen-bond donors (Lipinski definition) is 1. The van der Waals surface area contributed by atoms with Gasteiger partial charge in [0.25, 0.3) is 0 Å². The van der Waals surface area contributed by atoms with E-state index in [1.807, 2.05) is 4.90 Å². The molecule has 0 amide bonds. The molecule has 14 heteroatoms. The van der Waals surface area contributed by atoms with Crippen LogP contribution in [-0.2, 0) is 21.1 Å². The van der Waals surface area contributed by atoms with E-state index in [9.17, 15) is 21.6 Å². The van der Waals surface area contributed by atoms with Crippen LogP contribution in [0.2, 0.25) is 0 Å². The average Bonchev–Trinajstić information content (AvgIpc) is 3.40. The zero-order valence-electron chi connectivity index (χ0n) is 20.1. The van der Waals surface area contributed by atoms with Crippen LogP contribution >= 0.6 is 0 Å². The van der Waals surface area contributed by atoms with E-state index in [0.717, 1.165) is 12.1 Å². The quantitative estimate of drug-likeness (QED) is 0.456. The molecule has 2 aliphatic heterocycles. The number of morpholine rings is 1. The lowest BCUT2D eigenvalue weighted by Crippen LogP contribution is -2.60. The molecule has 3 heterocycles. The maximum atomic E-state index is 15.4. The van der Waals surface area contributed by atoms with Crippen LogP contribution in [0.15, 0.2) is 53.3 Å². The van der Waals surface area contributed by atoms with Crippen molar-refractivity contribution in [1.29, 1.82) is 0 Å². The molecule has 2 aliphatic rings. The summed E-state index contributed by atoms with van der Waals surface area (Å²) in [4.78, 5) is 1.90. The van der Waals surface area contributed by atoms with Gasteiger partial charge in [-0.25, -0.2) is 4.39 Å². The number of fused-ring (bicyclic) bond motifs is 1. The standard InChI is InChI=1S/C24H24F4N4O5S/c1-35-21-12-17(15-3-2-4-16(11-15)24(26,27)28)18(25)13-20(21)32-8-10-36-22-14-31(7-5-19(22)32)38(33,34)30-23-6-9-37-29-23/h2-4,6,9,11-13,19,22H,5,7-8,10,14H2,1H3,(H,29,30)/t19-,22?/m0/s1. The summed E-state index contributed by atoms with van der Waals surface area (Å²) in [6.45, 7) is 0.874. The van der Waals surface area contributed by atoms with E-state index in [-0.39, 0.29) is 48.4 Å². The number of nitrogens with one attached hydrogen (secondary N) is 1. The van der Waals surface area contributed by atoms with Gasteiger partial charge in [-0.3, -0.25) is 4.72 Å². The summed E-state index contributed by atoms with van der Waals surface area (Å²) >= 11 is 0. The third-order valence-electron chi connectivity index (χ3n) is 6.64. The van der Waals surface area contributed by atoms with E-state index < -0.39 is 33.9 Å². The van der Waals surface area contributed by atoms with Crippen LogP contribution in [0.5, 0.6) is 5.75 Å². The largest absolute Gasteiger partial charge is 0.495 e. The smallest absolute Gasteiger partial charge is 0.416 e. The molecule has 0 aliphatic carbocycles. The highest BCUT2D eigenvalue weighted by molar-refractivity contribution is 7.90. The number of nitrogens with zero attached hydrogens (tertiary/aromatic N) is 3. The second-order valence-electron chi connectivity index (χ2n) is 8.89. The molecule has 1 aromatic heterocycles. The third-order valence-corrected chi connectivity index (χ3v) is 8.12. The molecule has 5 rings (SSSR count). The van der Waals surface area contributed by atoms with E-state index in [1.54, 1.807) is 0 Å². The molecular weight excluding hydrogens is 532 g/mol. The lowest BCUT2D eigenvalue weighted by Gasteiger charge is -2.47.